The van der Waals surface area contributed by atoms with E-state index in [1.165, 1.54) is 0 Å². The molecule has 1 aromatic carbocycles. The Morgan fingerprint density at radius 2 is 2.04 bits per heavy atom. The maximum absolute atomic E-state index is 12.0. The van der Waals surface area contributed by atoms with E-state index in [0.29, 0.717) is 29.2 Å². The number of amides is 1. The first-order valence-electron chi connectivity index (χ1n) is 8.77. The third-order valence-corrected chi connectivity index (χ3v) is 3.98. The molecule has 0 fully saturated rings. The van der Waals surface area contributed by atoms with Crippen LogP contribution in [0.3, 0.4) is 0 Å². The number of methoxy groups -OCH3 is 1. The molecule has 3 aromatic rings. The number of nitrogens with one attached hydrogen (secondary N) is 1. The van der Waals surface area contributed by atoms with Crippen molar-refractivity contribution in [2.24, 2.45) is 0 Å². The predicted octanol–water partition coefficient (Wildman–Crippen LogP) is 3.07. The van der Waals surface area contributed by atoms with Crippen molar-refractivity contribution in [1.29, 1.82) is 0 Å². The van der Waals surface area contributed by atoms with Gasteiger partial charge in [-0.05, 0) is 26.8 Å². The molecule has 3 rings (SSSR count). The molecule has 2 heterocycles. The first-order chi connectivity index (χ1) is 12.8. The standard InChI is InChI=1S/C19H24N4O4/c1-5-27-18(24)22-17-15-16(12-8-6-7-9-13(12)20-17)23(11-19(2,3)25)14(21-15)10-26-4/h6-9,25H,5,10-11H2,1-4H3,(H,20,22,24). The lowest BCUT2D eigenvalue weighted by Crippen LogP contribution is -2.27. The van der Waals surface area contributed by atoms with Gasteiger partial charge < -0.3 is 19.1 Å². The van der Waals surface area contributed by atoms with Gasteiger partial charge >= 0.3 is 6.09 Å². The number of benzene rings is 1. The molecule has 2 aromatic heterocycles. The van der Waals surface area contributed by atoms with Crippen LogP contribution >= 0.6 is 0 Å². The van der Waals surface area contributed by atoms with Gasteiger partial charge in [0.25, 0.3) is 0 Å². The molecule has 0 aliphatic heterocycles. The summed E-state index contributed by atoms with van der Waals surface area (Å²) in [5.74, 6) is 0.952. The monoisotopic (exact) mass is 372 g/mol. The van der Waals surface area contributed by atoms with Crippen molar-refractivity contribution in [3.63, 3.8) is 0 Å². The lowest BCUT2D eigenvalue weighted by molar-refractivity contribution is 0.0597. The van der Waals surface area contributed by atoms with Crippen molar-refractivity contribution < 1.29 is 19.4 Å². The van der Waals surface area contributed by atoms with E-state index in [4.69, 9.17) is 9.47 Å². The van der Waals surface area contributed by atoms with Gasteiger partial charge in [-0.15, -0.1) is 0 Å². The van der Waals surface area contributed by atoms with E-state index in [2.05, 4.69) is 15.3 Å². The van der Waals surface area contributed by atoms with Crippen LogP contribution in [0.2, 0.25) is 0 Å². The second kappa shape index (κ2) is 7.50. The molecule has 0 aliphatic carbocycles. The van der Waals surface area contributed by atoms with Gasteiger partial charge in [-0.1, -0.05) is 18.2 Å². The summed E-state index contributed by atoms with van der Waals surface area (Å²) < 4.78 is 12.2. The summed E-state index contributed by atoms with van der Waals surface area (Å²) >= 11 is 0. The van der Waals surface area contributed by atoms with Gasteiger partial charge in [0.15, 0.2) is 5.82 Å². The smallest absolute Gasteiger partial charge is 0.412 e. The zero-order valence-electron chi connectivity index (χ0n) is 15.9. The number of rotatable bonds is 6. The van der Waals surface area contributed by atoms with E-state index >= 15 is 0 Å². The van der Waals surface area contributed by atoms with Crippen LogP contribution < -0.4 is 5.32 Å². The molecule has 1 amide bonds. The molecule has 8 heteroatoms. The van der Waals surface area contributed by atoms with Crippen LogP contribution in [0.15, 0.2) is 24.3 Å². The molecule has 2 N–H and O–H groups in total. The first-order valence-corrected chi connectivity index (χ1v) is 8.77. The number of hydrogen-bond acceptors (Lipinski definition) is 6. The first kappa shape index (κ1) is 19.1. The van der Waals surface area contributed by atoms with Crippen molar-refractivity contribution in [2.75, 3.05) is 19.0 Å². The van der Waals surface area contributed by atoms with Crippen LogP contribution in [-0.4, -0.2) is 45.1 Å². The molecule has 8 nitrogen and oxygen atoms in total. The Bertz CT molecular complexity index is 975. The summed E-state index contributed by atoms with van der Waals surface area (Å²) in [4.78, 5) is 21.2. The highest BCUT2D eigenvalue weighted by atomic mass is 16.5. The minimum Gasteiger partial charge on any atom is -0.450 e. The Morgan fingerprint density at radius 3 is 2.70 bits per heavy atom. The summed E-state index contributed by atoms with van der Waals surface area (Å²) in [5, 5.41) is 14.0. The van der Waals surface area contributed by atoms with Crippen molar-refractivity contribution in [3.05, 3.63) is 30.1 Å². The third-order valence-electron chi connectivity index (χ3n) is 3.98. The van der Waals surface area contributed by atoms with E-state index in [1.807, 2.05) is 28.8 Å². The van der Waals surface area contributed by atoms with Gasteiger partial charge in [-0.25, -0.2) is 14.8 Å². The fraction of sp³-hybridized carbons (Fsp3) is 0.421. The molecule has 0 atom stereocenters. The molecular formula is C19H24N4O4. The SMILES string of the molecule is CCOC(=O)Nc1nc2ccccc2c2c1nc(COC)n2CC(C)(C)O. The summed E-state index contributed by atoms with van der Waals surface area (Å²) in [6, 6.07) is 7.60. The molecule has 0 saturated carbocycles. The van der Waals surface area contributed by atoms with Crippen molar-refractivity contribution in [1.82, 2.24) is 14.5 Å². The van der Waals surface area contributed by atoms with Crippen molar-refractivity contribution in [2.45, 2.75) is 39.5 Å². The Kier molecular flexibility index (Phi) is 5.29. The highest BCUT2D eigenvalue weighted by molar-refractivity contribution is 6.09. The highest BCUT2D eigenvalue weighted by Crippen LogP contribution is 2.31. The van der Waals surface area contributed by atoms with Gasteiger partial charge in [0.2, 0.25) is 0 Å². The predicted molar refractivity (Wildman–Crippen MR) is 103 cm³/mol. The van der Waals surface area contributed by atoms with Crippen LogP contribution in [0.1, 0.15) is 26.6 Å². The highest BCUT2D eigenvalue weighted by Gasteiger charge is 2.23. The van der Waals surface area contributed by atoms with Gasteiger partial charge in [0.1, 0.15) is 17.9 Å². The van der Waals surface area contributed by atoms with E-state index in [0.717, 1.165) is 10.9 Å². The Hall–Kier alpha value is -2.71. The summed E-state index contributed by atoms with van der Waals surface area (Å²) in [7, 11) is 1.59. The van der Waals surface area contributed by atoms with E-state index in [-0.39, 0.29) is 13.2 Å². The van der Waals surface area contributed by atoms with Crippen molar-refractivity contribution in [3.8, 4) is 0 Å². The number of nitrogens with zero attached hydrogens (tertiary/aromatic N) is 3. The molecule has 0 unspecified atom stereocenters. The minimum absolute atomic E-state index is 0.255. The lowest BCUT2D eigenvalue weighted by Gasteiger charge is -2.20. The van der Waals surface area contributed by atoms with Gasteiger partial charge in [-0.2, -0.15) is 0 Å². The maximum atomic E-state index is 12.0. The maximum Gasteiger partial charge on any atom is 0.412 e. The number of aromatic nitrogens is 3. The summed E-state index contributed by atoms with van der Waals surface area (Å²) in [5.41, 5.74) is 1.05. The quantitative estimate of drug-likeness (QED) is 0.690. The number of carbonyl (C=O) groups excluding carboxylic acids is 1. The van der Waals surface area contributed by atoms with Crippen LogP contribution in [0, 0.1) is 0 Å². The average molecular weight is 372 g/mol. The number of para-hydroxylation sites is 1. The Balaban J connectivity index is 2.30. The number of pyridine rings is 1. The number of anilines is 1. The van der Waals surface area contributed by atoms with Crippen LogP contribution in [0.25, 0.3) is 21.9 Å². The fourth-order valence-corrected chi connectivity index (χ4v) is 3.03. The largest absolute Gasteiger partial charge is 0.450 e. The number of aliphatic hydroxyl groups is 1. The minimum atomic E-state index is -0.963. The number of imidazole rings is 1. The zero-order valence-corrected chi connectivity index (χ0v) is 15.9. The third kappa shape index (κ3) is 4.01. The number of fused-ring (bicyclic) bond motifs is 3. The van der Waals surface area contributed by atoms with Gasteiger partial charge in [0.05, 0.1) is 29.8 Å². The Labute approximate surface area is 157 Å². The Morgan fingerprint density at radius 1 is 1.30 bits per heavy atom. The van der Waals surface area contributed by atoms with Gasteiger partial charge in [-0.3, -0.25) is 5.32 Å². The summed E-state index contributed by atoms with van der Waals surface area (Å²) in [6.07, 6.45) is -0.591. The second-order valence-corrected chi connectivity index (χ2v) is 6.88. The molecule has 0 bridgehead atoms. The number of carbonyl (C=O) groups is 1. The van der Waals surface area contributed by atoms with E-state index < -0.39 is 11.7 Å². The topological polar surface area (TPSA) is 98.5 Å². The molecule has 0 saturated heterocycles. The lowest BCUT2D eigenvalue weighted by atomic mass is 10.1. The fourth-order valence-electron chi connectivity index (χ4n) is 3.03. The van der Waals surface area contributed by atoms with Crippen molar-refractivity contribution >= 4 is 33.8 Å². The molecule has 0 aliphatic rings. The average Bonchev–Trinajstić information content (AvgIpc) is 2.93. The normalized spacial score (nSPS) is 11.9. The molecule has 0 spiro atoms. The van der Waals surface area contributed by atoms with Gasteiger partial charge in [0, 0.05) is 12.5 Å². The summed E-state index contributed by atoms with van der Waals surface area (Å²) in [6.45, 7) is 6.03. The number of hydrogen-bond donors (Lipinski definition) is 2. The molecule has 0 radical (unpaired) electrons. The van der Waals surface area contributed by atoms with Crippen LogP contribution in [0.4, 0.5) is 10.6 Å². The molecule has 27 heavy (non-hydrogen) atoms. The van der Waals surface area contributed by atoms with Crippen LogP contribution in [-0.2, 0) is 22.6 Å². The molecule has 144 valence electrons. The second-order valence-electron chi connectivity index (χ2n) is 6.88. The number of ether oxygens (including phenoxy) is 2. The zero-order chi connectivity index (χ0) is 19.6. The van der Waals surface area contributed by atoms with Crippen LogP contribution in [0.5, 0.6) is 0 Å². The van der Waals surface area contributed by atoms with E-state index in [9.17, 15) is 9.90 Å². The molecular weight excluding hydrogens is 348 g/mol. The van der Waals surface area contributed by atoms with E-state index in [1.54, 1.807) is 27.9 Å².